The summed E-state index contributed by atoms with van der Waals surface area (Å²) in [5, 5.41) is 1.19. The third kappa shape index (κ3) is 2.46. The van der Waals surface area contributed by atoms with Gasteiger partial charge in [0.25, 0.3) is 0 Å². The number of hydrogen-bond donors (Lipinski definition) is 0. The van der Waals surface area contributed by atoms with Gasteiger partial charge in [0, 0.05) is 20.2 Å². The zero-order valence-corrected chi connectivity index (χ0v) is 13.4. The molecule has 1 aliphatic rings. The molecule has 1 unspecified atom stereocenters. The first kappa shape index (κ1) is 13.9. The topological polar surface area (TPSA) is 20.3 Å². The Hall–Kier alpha value is -1.03. The van der Waals surface area contributed by atoms with Crippen LogP contribution in [0.25, 0.3) is 0 Å². The second-order valence-corrected chi connectivity index (χ2v) is 6.39. The van der Waals surface area contributed by atoms with Crippen LogP contribution in [0.3, 0.4) is 0 Å². The minimum absolute atomic E-state index is 0.0200. The van der Waals surface area contributed by atoms with Crippen LogP contribution in [0.4, 0.5) is 5.69 Å². The van der Waals surface area contributed by atoms with Gasteiger partial charge in [0.2, 0.25) is 5.91 Å². The highest BCUT2D eigenvalue weighted by molar-refractivity contribution is 9.10. The molecule has 0 N–H and O–H groups in total. The van der Waals surface area contributed by atoms with Crippen molar-refractivity contribution in [2.75, 3.05) is 4.90 Å². The van der Waals surface area contributed by atoms with E-state index in [2.05, 4.69) is 15.9 Å². The first-order valence-corrected chi connectivity index (χ1v) is 7.64. The summed E-state index contributed by atoms with van der Waals surface area (Å²) in [4.78, 5) is 13.7. The van der Waals surface area contributed by atoms with Gasteiger partial charge in [-0.3, -0.25) is 4.79 Å². The quantitative estimate of drug-likeness (QED) is 0.662. The second kappa shape index (κ2) is 5.40. The molecule has 2 aromatic carbocycles. The molecule has 1 fully saturated rings. The van der Waals surface area contributed by atoms with E-state index in [0.29, 0.717) is 16.5 Å². The highest BCUT2D eigenvalue weighted by Crippen LogP contribution is 2.42. The number of amides is 1. The van der Waals surface area contributed by atoms with Crippen molar-refractivity contribution in [2.24, 2.45) is 0 Å². The van der Waals surface area contributed by atoms with E-state index in [1.54, 1.807) is 17.0 Å². The maximum absolute atomic E-state index is 11.9. The molecule has 0 bridgehead atoms. The molecule has 2 aromatic rings. The van der Waals surface area contributed by atoms with E-state index < -0.39 is 0 Å². The number of halogens is 3. The molecule has 1 aliphatic heterocycles. The molecule has 1 amide bonds. The minimum Gasteiger partial charge on any atom is -0.304 e. The summed E-state index contributed by atoms with van der Waals surface area (Å²) in [5.74, 6) is 0.100. The van der Waals surface area contributed by atoms with Gasteiger partial charge in [-0.05, 0) is 42.0 Å². The SMILES string of the molecule is O=C1CC(c2ccc(Cl)cc2Cl)N1c1ccc(Br)cc1. The predicted molar refractivity (Wildman–Crippen MR) is 85.4 cm³/mol. The number of anilines is 1. The van der Waals surface area contributed by atoms with Crippen LogP contribution in [0.5, 0.6) is 0 Å². The molecule has 0 saturated carbocycles. The monoisotopic (exact) mass is 369 g/mol. The average Bonchev–Trinajstić information content (AvgIpc) is 2.39. The highest BCUT2D eigenvalue weighted by Gasteiger charge is 2.39. The van der Waals surface area contributed by atoms with Gasteiger partial charge in [0.15, 0.2) is 0 Å². The van der Waals surface area contributed by atoms with Crippen LogP contribution < -0.4 is 4.90 Å². The lowest BCUT2D eigenvalue weighted by Gasteiger charge is -2.41. The summed E-state index contributed by atoms with van der Waals surface area (Å²) in [5.41, 5.74) is 1.80. The van der Waals surface area contributed by atoms with Crippen LogP contribution >= 0.6 is 39.1 Å². The average molecular weight is 371 g/mol. The minimum atomic E-state index is -0.0200. The van der Waals surface area contributed by atoms with Gasteiger partial charge in [-0.15, -0.1) is 0 Å². The van der Waals surface area contributed by atoms with Crippen molar-refractivity contribution in [3.63, 3.8) is 0 Å². The van der Waals surface area contributed by atoms with Crippen LogP contribution in [0, 0.1) is 0 Å². The summed E-state index contributed by atoms with van der Waals surface area (Å²) in [6, 6.07) is 13.0. The first-order chi connectivity index (χ1) is 9.56. The van der Waals surface area contributed by atoms with E-state index in [1.165, 1.54) is 0 Å². The summed E-state index contributed by atoms with van der Waals surface area (Å²) in [6.07, 6.45) is 0.470. The van der Waals surface area contributed by atoms with Crippen LogP contribution in [0.1, 0.15) is 18.0 Å². The molecular weight excluding hydrogens is 361 g/mol. The normalized spacial score (nSPS) is 18.1. The maximum atomic E-state index is 11.9. The summed E-state index contributed by atoms with van der Waals surface area (Å²) < 4.78 is 0.982. The summed E-state index contributed by atoms with van der Waals surface area (Å²) in [6.45, 7) is 0. The highest BCUT2D eigenvalue weighted by atomic mass is 79.9. The van der Waals surface area contributed by atoms with E-state index in [1.807, 2.05) is 30.3 Å². The van der Waals surface area contributed by atoms with E-state index >= 15 is 0 Å². The second-order valence-electron chi connectivity index (χ2n) is 4.63. The largest absolute Gasteiger partial charge is 0.304 e. The van der Waals surface area contributed by atoms with Crippen molar-refractivity contribution in [3.8, 4) is 0 Å². The molecule has 0 spiro atoms. The van der Waals surface area contributed by atoms with Crippen LogP contribution in [0.2, 0.25) is 10.0 Å². The number of rotatable bonds is 2. The molecule has 0 radical (unpaired) electrons. The lowest BCUT2D eigenvalue weighted by molar-refractivity contribution is -0.124. The number of hydrogen-bond acceptors (Lipinski definition) is 1. The zero-order valence-electron chi connectivity index (χ0n) is 10.3. The Kier molecular flexibility index (Phi) is 3.76. The Morgan fingerprint density at radius 2 is 1.80 bits per heavy atom. The van der Waals surface area contributed by atoms with E-state index in [-0.39, 0.29) is 11.9 Å². The van der Waals surface area contributed by atoms with Crippen LogP contribution in [-0.2, 0) is 4.79 Å². The number of carbonyl (C=O) groups is 1. The Bertz CT molecular complexity index is 672. The number of nitrogens with zero attached hydrogens (tertiary/aromatic N) is 1. The first-order valence-electron chi connectivity index (χ1n) is 6.09. The van der Waals surface area contributed by atoms with Crippen molar-refractivity contribution in [2.45, 2.75) is 12.5 Å². The molecule has 1 atom stereocenters. The standard InChI is InChI=1S/C15H10BrCl2NO/c16-9-1-4-11(5-2-9)19-14(8-15(19)20)12-6-3-10(17)7-13(12)18/h1-7,14H,8H2. The molecule has 20 heavy (non-hydrogen) atoms. The van der Waals surface area contributed by atoms with Crippen molar-refractivity contribution in [3.05, 3.63) is 62.5 Å². The number of β-lactam (4-membered cyclic amide) rings is 1. The van der Waals surface area contributed by atoms with E-state index in [4.69, 9.17) is 23.2 Å². The predicted octanol–water partition coefficient (Wildman–Crippen LogP) is 5.23. The van der Waals surface area contributed by atoms with Crippen LogP contribution in [-0.4, -0.2) is 5.91 Å². The van der Waals surface area contributed by atoms with Crippen molar-refractivity contribution >= 4 is 50.7 Å². The van der Waals surface area contributed by atoms with Crippen molar-refractivity contribution in [1.82, 2.24) is 0 Å². The smallest absolute Gasteiger partial charge is 0.230 e. The molecule has 3 rings (SSSR count). The van der Waals surface area contributed by atoms with Gasteiger partial charge >= 0.3 is 0 Å². The van der Waals surface area contributed by atoms with Gasteiger partial charge in [0.05, 0.1) is 12.5 Å². The van der Waals surface area contributed by atoms with E-state index in [0.717, 1.165) is 15.7 Å². The molecule has 0 aromatic heterocycles. The number of carbonyl (C=O) groups excluding carboxylic acids is 1. The molecule has 2 nitrogen and oxygen atoms in total. The molecule has 5 heteroatoms. The van der Waals surface area contributed by atoms with Gasteiger partial charge in [-0.1, -0.05) is 45.2 Å². The van der Waals surface area contributed by atoms with Gasteiger partial charge < -0.3 is 4.90 Å². The maximum Gasteiger partial charge on any atom is 0.230 e. The van der Waals surface area contributed by atoms with Gasteiger partial charge in [-0.2, -0.15) is 0 Å². The molecule has 1 heterocycles. The van der Waals surface area contributed by atoms with Crippen LogP contribution in [0.15, 0.2) is 46.9 Å². The molecule has 0 aliphatic carbocycles. The summed E-state index contributed by atoms with van der Waals surface area (Å²) in [7, 11) is 0. The van der Waals surface area contributed by atoms with Gasteiger partial charge in [0.1, 0.15) is 0 Å². The van der Waals surface area contributed by atoms with E-state index in [9.17, 15) is 4.79 Å². The molecule has 1 saturated heterocycles. The van der Waals surface area contributed by atoms with Crippen molar-refractivity contribution in [1.29, 1.82) is 0 Å². The Labute approximate surface area is 135 Å². The van der Waals surface area contributed by atoms with Crippen molar-refractivity contribution < 1.29 is 4.79 Å². The Morgan fingerprint density at radius 1 is 1.10 bits per heavy atom. The zero-order chi connectivity index (χ0) is 14.3. The third-order valence-corrected chi connectivity index (χ3v) is 4.47. The lowest BCUT2D eigenvalue weighted by Crippen LogP contribution is -2.46. The number of benzene rings is 2. The fraction of sp³-hybridized carbons (Fsp3) is 0.133. The third-order valence-electron chi connectivity index (χ3n) is 3.37. The fourth-order valence-electron chi connectivity index (χ4n) is 2.36. The Morgan fingerprint density at radius 3 is 2.40 bits per heavy atom. The molecule has 102 valence electrons. The fourth-order valence-corrected chi connectivity index (χ4v) is 3.16. The van der Waals surface area contributed by atoms with Gasteiger partial charge in [-0.25, -0.2) is 0 Å². The molecular formula is C15H10BrCl2NO. The lowest BCUT2D eigenvalue weighted by atomic mass is 9.93. The Balaban J connectivity index is 1.95. The summed E-state index contributed by atoms with van der Waals surface area (Å²) >= 11 is 15.5.